The summed E-state index contributed by atoms with van der Waals surface area (Å²) in [5.41, 5.74) is 0. The van der Waals surface area contributed by atoms with Crippen molar-refractivity contribution in [2.24, 2.45) is 5.92 Å². The zero-order chi connectivity index (χ0) is 14.0. The number of nitrogens with one attached hydrogen (secondary N) is 1. The maximum Gasteiger partial charge on any atom is 0.317 e. The molecular formula is C12H24N2O4. The second-order valence-electron chi connectivity index (χ2n) is 4.32. The van der Waals surface area contributed by atoms with Gasteiger partial charge in [0.2, 0.25) is 0 Å². The highest BCUT2D eigenvalue weighted by atomic mass is 16.5. The third-order valence-corrected chi connectivity index (χ3v) is 2.48. The molecule has 6 nitrogen and oxygen atoms in total. The maximum absolute atomic E-state index is 11.6. The van der Waals surface area contributed by atoms with E-state index in [4.69, 9.17) is 9.84 Å². The Morgan fingerprint density at radius 3 is 2.61 bits per heavy atom. The number of carbonyl (C=O) groups is 2. The summed E-state index contributed by atoms with van der Waals surface area (Å²) in [4.78, 5) is 23.6. The molecule has 0 radical (unpaired) electrons. The van der Waals surface area contributed by atoms with Crippen LogP contribution in [0.15, 0.2) is 0 Å². The Labute approximate surface area is 108 Å². The van der Waals surface area contributed by atoms with Crippen molar-refractivity contribution >= 4 is 12.0 Å². The smallest absolute Gasteiger partial charge is 0.317 e. The van der Waals surface area contributed by atoms with Crippen LogP contribution in [0.4, 0.5) is 4.79 Å². The molecule has 6 heteroatoms. The van der Waals surface area contributed by atoms with Crippen molar-refractivity contribution in [2.45, 2.75) is 26.7 Å². The first-order valence-electron chi connectivity index (χ1n) is 6.28. The third kappa shape index (κ3) is 7.89. The highest BCUT2D eigenvalue weighted by molar-refractivity contribution is 5.75. The van der Waals surface area contributed by atoms with E-state index < -0.39 is 11.9 Å². The van der Waals surface area contributed by atoms with Gasteiger partial charge in [0.15, 0.2) is 0 Å². The first-order valence-corrected chi connectivity index (χ1v) is 6.28. The minimum absolute atomic E-state index is 0.192. The van der Waals surface area contributed by atoms with Gasteiger partial charge < -0.3 is 20.1 Å². The van der Waals surface area contributed by atoms with Crippen LogP contribution in [0.1, 0.15) is 26.7 Å². The van der Waals surface area contributed by atoms with E-state index in [1.54, 1.807) is 14.0 Å². The van der Waals surface area contributed by atoms with Crippen molar-refractivity contribution in [3.05, 3.63) is 0 Å². The number of aliphatic carboxylic acids is 1. The highest BCUT2D eigenvalue weighted by Gasteiger charge is 2.16. The lowest BCUT2D eigenvalue weighted by molar-refractivity contribution is -0.141. The minimum Gasteiger partial charge on any atom is -0.481 e. The lowest BCUT2D eigenvalue weighted by Crippen LogP contribution is -2.41. The first kappa shape index (κ1) is 16.7. The summed E-state index contributed by atoms with van der Waals surface area (Å²) in [6.07, 6.45) is 2.10. The van der Waals surface area contributed by atoms with Crippen molar-refractivity contribution in [2.75, 3.05) is 33.4 Å². The Morgan fingerprint density at radius 2 is 2.06 bits per heavy atom. The predicted molar refractivity (Wildman–Crippen MR) is 68.6 cm³/mol. The number of carbonyl (C=O) groups excluding carboxylic acids is 1. The number of carboxylic acids is 1. The standard InChI is InChI=1S/C12H24N2O4/c1-4-5-7-18-8-6-13-12(17)14(3)9-10(2)11(15)16/h10H,4-9H2,1-3H3,(H,13,17)(H,15,16). The van der Waals surface area contributed by atoms with E-state index in [1.807, 2.05) is 0 Å². The van der Waals surface area contributed by atoms with E-state index in [1.165, 1.54) is 4.90 Å². The van der Waals surface area contributed by atoms with Crippen LogP contribution >= 0.6 is 0 Å². The van der Waals surface area contributed by atoms with Crippen LogP contribution in [0.5, 0.6) is 0 Å². The average Bonchev–Trinajstić information content (AvgIpc) is 2.32. The number of hydrogen-bond donors (Lipinski definition) is 2. The molecule has 0 aliphatic heterocycles. The van der Waals surface area contributed by atoms with Gasteiger partial charge in [-0.2, -0.15) is 0 Å². The molecule has 0 saturated heterocycles. The Hall–Kier alpha value is -1.30. The van der Waals surface area contributed by atoms with Gasteiger partial charge in [-0.1, -0.05) is 20.3 Å². The number of hydrogen-bond acceptors (Lipinski definition) is 3. The van der Waals surface area contributed by atoms with Gasteiger partial charge >= 0.3 is 12.0 Å². The summed E-state index contributed by atoms with van der Waals surface area (Å²) in [6.45, 7) is 5.47. The van der Waals surface area contributed by atoms with Crippen LogP contribution in [0, 0.1) is 5.92 Å². The fourth-order valence-electron chi connectivity index (χ4n) is 1.29. The van der Waals surface area contributed by atoms with Crippen LogP contribution in [-0.4, -0.2) is 55.4 Å². The molecule has 0 rings (SSSR count). The number of urea groups is 1. The van der Waals surface area contributed by atoms with Crippen molar-refractivity contribution < 1.29 is 19.4 Å². The zero-order valence-electron chi connectivity index (χ0n) is 11.4. The lowest BCUT2D eigenvalue weighted by atomic mass is 10.2. The van der Waals surface area contributed by atoms with E-state index in [9.17, 15) is 9.59 Å². The molecule has 0 aliphatic rings. The third-order valence-electron chi connectivity index (χ3n) is 2.48. The number of unbranched alkanes of at least 4 members (excludes halogenated alkanes) is 1. The van der Waals surface area contributed by atoms with Crippen LogP contribution in [-0.2, 0) is 9.53 Å². The topological polar surface area (TPSA) is 78.9 Å². The fourth-order valence-corrected chi connectivity index (χ4v) is 1.29. The Bertz CT molecular complexity index is 258. The van der Waals surface area contributed by atoms with E-state index >= 15 is 0 Å². The molecule has 0 saturated carbocycles. The van der Waals surface area contributed by atoms with Gasteiger partial charge in [0.05, 0.1) is 12.5 Å². The SMILES string of the molecule is CCCCOCCNC(=O)N(C)CC(C)C(=O)O. The molecule has 0 heterocycles. The molecule has 1 atom stereocenters. The molecule has 106 valence electrons. The number of ether oxygens (including phenoxy) is 1. The molecule has 2 amide bonds. The van der Waals surface area contributed by atoms with Crippen molar-refractivity contribution in [3.8, 4) is 0 Å². The Morgan fingerprint density at radius 1 is 1.39 bits per heavy atom. The quantitative estimate of drug-likeness (QED) is 0.610. The second kappa shape index (κ2) is 9.70. The Kier molecular flexibility index (Phi) is 9.00. The van der Waals surface area contributed by atoms with E-state index in [0.29, 0.717) is 19.8 Å². The van der Waals surface area contributed by atoms with Gasteiger partial charge in [-0.3, -0.25) is 4.79 Å². The summed E-state index contributed by atoms with van der Waals surface area (Å²) >= 11 is 0. The van der Waals surface area contributed by atoms with Crippen LogP contribution in [0.25, 0.3) is 0 Å². The summed E-state index contributed by atoms with van der Waals surface area (Å²) in [7, 11) is 1.58. The monoisotopic (exact) mass is 260 g/mol. The van der Waals surface area contributed by atoms with Gasteiger partial charge in [0.25, 0.3) is 0 Å². The van der Waals surface area contributed by atoms with Crippen molar-refractivity contribution in [1.29, 1.82) is 0 Å². The molecular weight excluding hydrogens is 236 g/mol. The van der Waals surface area contributed by atoms with Gasteiger partial charge in [0, 0.05) is 26.7 Å². The number of carboxylic acid groups (broad SMARTS) is 1. The largest absolute Gasteiger partial charge is 0.481 e. The maximum atomic E-state index is 11.6. The van der Waals surface area contributed by atoms with Crippen LogP contribution in [0.3, 0.4) is 0 Å². The van der Waals surface area contributed by atoms with Gasteiger partial charge in [-0.15, -0.1) is 0 Å². The molecule has 18 heavy (non-hydrogen) atoms. The number of nitrogens with zero attached hydrogens (tertiary/aromatic N) is 1. The number of rotatable bonds is 9. The lowest BCUT2D eigenvalue weighted by Gasteiger charge is -2.19. The second-order valence-corrected chi connectivity index (χ2v) is 4.32. The molecule has 0 aliphatic carbocycles. The van der Waals surface area contributed by atoms with Gasteiger partial charge in [-0.25, -0.2) is 4.79 Å². The molecule has 0 aromatic rings. The first-order chi connectivity index (χ1) is 8.49. The highest BCUT2D eigenvalue weighted by Crippen LogP contribution is 1.98. The summed E-state index contributed by atoms with van der Waals surface area (Å²) in [5.74, 6) is -1.47. The summed E-state index contributed by atoms with van der Waals surface area (Å²) in [6, 6.07) is -0.276. The van der Waals surface area contributed by atoms with Crippen LogP contribution in [0.2, 0.25) is 0 Å². The molecule has 0 spiro atoms. The summed E-state index contributed by atoms with van der Waals surface area (Å²) in [5, 5.41) is 11.4. The predicted octanol–water partition coefficient (Wildman–Crippen LogP) is 1.17. The van der Waals surface area contributed by atoms with Gasteiger partial charge in [-0.05, 0) is 6.42 Å². The molecule has 2 N–H and O–H groups in total. The zero-order valence-corrected chi connectivity index (χ0v) is 11.4. The summed E-state index contributed by atoms with van der Waals surface area (Å²) < 4.78 is 5.30. The van der Waals surface area contributed by atoms with Crippen molar-refractivity contribution in [3.63, 3.8) is 0 Å². The fraction of sp³-hybridized carbons (Fsp3) is 0.833. The number of amides is 2. The molecule has 0 aromatic heterocycles. The molecule has 0 bridgehead atoms. The Balaban J connectivity index is 3.65. The normalized spacial score (nSPS) is 11.9. The average molecular weight is 260 g/mol. The van der Waals surface area contributed by atoms with Crippen molar-refractivity contribution in [1.82, 2.24) is 10.2 Å². The molecule has 1 unspecified atom stereocenters. The molecule has 0 aromatic carbocycles. The van der Waals surface area contributed by atoms with Gasteiger partial charge in [0.1, 0.15) is 0 Å². The van der Waals surface area contributed by atoms with Crippen LogP contribution < -0.4 is 5.32 Å². The van der Waals surface area contributed by atoms with E-state index in [-0.39, 0.29) is 12.6 Å². The molecule has 0 fully saturated rings. The minimum atomic E-state index is -0.905. The van der Waals surface area contributed by atoms with E-state index in [0.717, 1.165) is 12.8 Å². The van der Waals surface area contributed by atoms with E-state index in [2.05, 4.69) is 12.2 Å².